The van der Waals surface area contributed by atoms with Crippen molar-refractivity contribution in [3.8, 4) is 11.1 Å². The second kappa shape index (κ2) is 8.13. The Morgan fingerprint density at radius 1 is 1.19 bits per heavy atom. The van der Waals surface area contributed by atoms with E-state index in [9.17, 15) is 9.90 Å². The number of nitrogens with one attached hydrogen (secondary N) is 1. The summed E-state index contributed by atoms with van der Waals surface area (Å²) < 4.78 is 10.7. The SMILES string of the molecule is C[C@@](OCc1ccc(-c2ccccc2)cc1)(C(=O)NO)[C@@H](O)c1ncco1. The average molecular weight is 368 g/mol. The van der Waals surface area contributed by atoms with Gasteiger partial charge >= 0.3 is 0 Å². The number of hydrogen-bond donors (Lipinski definition) is 3. The molecule has 2 aromatic carbocycles. The van der Waals surface area contributed by atoms with Crippen LogP contribution in [-0.4, -0.2) is 26.8 Å². The Labute approximate surface area is 156 Å². The fourth-order valence-corrected chi connectivity index (χ4v) is 2.64. The number of hydroxylamine groups is 1. The van der Waals surface area contributed by atoms with Crippen LogP contribution < -0.4 is 5.48 Å². The summed E-state index contributed by atoms with van der Waals surface area (Å²) in [4.78, 5) is 16.0. The van der Waals surface area contributed by atoms with Gasteiger partial charge in [0.05, 0.1) is 12.8 Å². The second-order valence-electron chi connectivity index (χ2n) is 6.17. The maximum absolute atomic E-state index is 12.1. The standard InChI is InChI=1S/C20H20N2O5/c1-20(19(24)22-25,17(23)18-21-11-12-26-18)27-13-14-7-9-16(10-8-14)15-5-3-2-4-6-15/h2-12,17,23,25H,13H2,1H3,(H,22,24)/t17-,20-/m0/s1. The van der Waals surface area contributed by atoms with Crippen molar-refractivity contribution in [3.63, 3.8) is 0 Å². The van der Waals surface area contributed by atoms with E-state index >= 15 is 0 Å². The zero-order chi connectivity index (χ0) is 19.3. The number of aromatic nitrogens is 1. The maximum atomic E-state index is 12.1. The molecule has 0 radical (unpaired) electrons. The van der Waals surface area contributed by atoms with Gasteiger partial charge < -0.3 is 14.3 Å². The molecule has 0 aliphatic heterocycles. The summed E-state index contributed by atoms with van der Waals surface area (Å²) >= 11 is 0. The highest BCUT2D eigenvalue weighted by Gasteiger charge is 2.45. The van der Waals surface area contributed by atoms with E-state index in [0.29, 0.717) is 0 Å². The highest BCUT2D eigenvalue weighted by atomic mass is 16.5. The van der Waals surface area contributed by atoms with Crippen LogP contribution in [0.3, 0.4) is 0 Å². The third kappa shape index (κ3) is 4.06. The zero-order valence-corrected chi connectivity index (χ0v) is 14.7. The Balaban J connectivity index is 1.75. The highest BCUT2D eigenvalue weighted by Crippen LogP contribution is 2.30. The van der Waals surface area contributed by atoms with Crippen LogP contribution in [-0.2, 0) is 16.1 Å². The van der Waals surface area contributed by atoms with Crippen molar-refractivity contribution in [3.05, 3.63) is 78.5 Å². The predicted octanol–water partition coefficient (Wildman–Crippen LogP) is 2.86. The molecule has 140 valence electrons. The molecular formula is C20H20N2O5. The molecule has 0 fully saturated rings. The minimum absolute atomic E-state index is 0.0385. The molecule has 3 N–H and O–H groups in total. The molecule has 0 saturated heterocycles. The van der Waals surface area contributed by atoms with E-state index in [1.165, 1.54) is 24.9 Å². The lowest BCUT2D eigenvalue weighted by molar-refractivity contribution is -0.176. The van der Waals surface area contributed by atoms with Gasteiger partial charge in [-0.3, -0.25) is 10.0 Å². The van der Waals surface area contributed by atoms with Crippen LogP contribution in [0.15, 0.2) is 71.5 Å². The smallest absolute Gasteiger partial charge is 0.278 e. The first kappa shape index (κ1) is 18.8. The van der Waals surface area contributed by atoms with Crippen molar-refractivity contribution in [2.75, 3.05) is 0 Å². The van der Waals surface area contributed by atoms with Crippen LogP contribution in [0.2, 0.25) is 0 Å². The number of ether oxygens (including phenoxy) is 1. The molecule has 7 heteroatoms. The van der Waals surface area contributed by atoms with Gasteiger partial charge in [-0.2, -0.15) is 0 Å². The van der Waals surface area contributed by atoms with Gasteiger partial charge in [0.2, 0.25) is 5.89 Å². The molecule has 0 saturated carbocycles. The first-order chi connectivity index (χ1) is 13.0. The quantitative estimate of drug-likeness (QED) is 0.437. The van der Waals surface area contributed by atoms with Crippen molar-refractivity contribution in [2.24, 2.45) is 0 Å². The lowest BCUT2D eigenvalue weighted by Crippen LogP contribution is -2.50. The molecule has 7 nitrogen and oxygen atoms in total. The van der Waals surface area contributed by atoms with E-state index in [1.807, 2.05) is 54.6 Å². The number of aliphatic hydroxyl groups is 1. The van der Waals surface area contributed by atoms with Gasteiger partial charge in [0.25, 0.3) is 5.91 Å². The van der Waals surface area contributed by atoms with Gasteiger partial charge in [0.1, 0.15) is 6.26 Å². The number of benzene rings is 2. The van der Waals surface area contributed by atoms with Gasteiger partial charge in [-0.15, -0.1) is 0 Å². The van der Waals surface area contributed by atoms with E-state index in [0.717, 1.165) is 16.7 Å². The molecule has 27 heavy (non-hydrogen) atoms. The zero-order valence-electron chi connectivity index (χ0n) is 14.7. The lowest BCUT2D eigenvalue weighted by Gasteiger charge is -2.30. The maximum Gasteiger partial charge on any atom is 0.278 e. The Hall–Kier alpha value is -3.00. The molecule has 0 aliphatic rings. The molecule has 2 atom stereocenters. The number of carbonyl (C=O) groups is 1. The molecule has 0 aliphatic carbocycles. The van der Waals surface area contributed by atoms with E-state index in [1.54, 1.807) is 0 Å². The summed E-state index contributed by atoms with van der Waals surface area (Å²) in [6.45, 7) is 1.39. The summed E-state index contributed by atoms with van der Waals surface area (Å²) in [6.07, 6.45) is 1.12. The van der Waals surface area contributed by atoms with Gasteiger partial charge in [0, 0.05) is 0 Å². The van der Waals surface area contributed by atoms with Crippen LogP contribution >= 0.6 is 0 Å². The fraction of sp³-hybridized carbons (Fsp3) is 0.200. The largest absolute Gasteiger partial charge is 0.446 e. The number of oxazole rings is 1. The van der Waals surface area contributed by atoms with Crippen LogP contribution in [0.4, 0.5) is 0 Å². The normalized spacial score (nSPS) is 14.3. The molecule has 0 bridgehead atoms. The average Bonchev–Trinajstić information content (AvgIpc) is 3.26. The van der Waals surface area contributed by atoms with Crippen LogP contribution in [0.25, 0.3) is 11.1 Å². The van der Waals surface area contributed by atoms with Crippen LogP contribution in [0.1, 0.15) is 24.5 Å². The molecular weight excluding hydrogens is 348 g/mol. The Morgan fingerprint density at radius 2 is 1.85 bits per heavy atom. The minimum Gasteiger partial charge on any atom is -0.446 e. The van der Waals surface area contributed by atoms with E-state index in [2.05, 4.69) is 4.98 Å². The first-order valence-corrected chi connectivity index (χ1v) is 8.35. The Morgan fingerprint density at radius 3 is 2.44 bits per heavy atom. The van der Waals surface area contributed by atoms with Gasteiger partial charge in [-0.1, -0.05) is 54.6 Å². The summed E-state index contributed by atoms with van der Waals surface area (Å²) in [5.41, 5.74) is 2.67. The summed E-state index contributed by atoms with van der Waals surface area (Å²) in [6, 6.07) is 17.6. The number of aliphatic hydroxyl groups excluding tert-OH is 1. The van der Waals surface area contributed by atoms with E-state index in [4.69, 9.17) is 14.4 Å². The monoisotopic (exact) mass is 368 g/mol. The number of amides is 1. The molecule has 1 amide bonds. The number of carbonyl (C=O) groups excluding carboxylic acids is 1. The topological polar surface area (TPSA) is 105 Å². The minimum atomic E-state index is -1.79. The Bertz CT molecular complexity index is 865. The summed E-state index contributed by atoms with van der Waals surface area (Å²) in [7, 11) is 0. The van der Waals surface area contributed by atoms with E-state index in [-0.39, 0.29) is 12.5 Å². The lowest BCUT2D eigenvalue weighted by atomic mass is 9.97. The van der Waals surface area contributed by atoms with E-state index < -0.39 is 17.6 Å². The highest BCUT2D eigenvalue weighted by molar-refractivity contribution is 5.84. The fourth-order valence-electron chi connectivity index (χ4n) is 2.64. The van der Waals surface area contributed by atoms with Crippen molar-refractivity contribution in [1.29, 1.82) is 0 Å². The summed E-state index contributed by atoms with van der Waals surface area (Å²) in [5, 5.41) is 19.5. The number of hydrogen-bond acceptors (Lipinski definition) is 6. The van der Waals surface area contributed by atoms with Gasteiger partial charge in [0.15, 0.2) is 11.7 Å². The van der Waals surface area contributed by atoms with Crippen molar-refractivity contribution in [1.82, 2.24) is 10.5 Å². The third-order valence-corrected chi connectivity index (χ3v) is 4.36. The number of rotatable bonds is 7. The molecule has 0 spiro atoms. The van der Waals surface area contributed by atoms with Crippen molar-refractivity contribution >= 4 is 5.91 Å². The molecule has 1 heterocycles. The van der Waals surface area contributed by atoms with Gasteiger partial charge in [-0.05, 0) is 23.6 Å². The van der Waals surface area contributed by atoms with Crippen LogP contribution in [0, 0.1) is 0 Å². The first-order valence-electron chi connectivity index (χ1n) is 8.35. The predicted molar refractivity (Wildman–Crippen MR) is 96.5 cm³/mol. The second-order valence-corrected chi connectivity index (χ2v) is 6.17. The van der Waals surface area contributed by atoms with Crippen molar-refractivity contribution < 1.29 is 24.3 Å². The Kier molecular flexibility index (Phi) is 5.66. The van der Waals surface area contributed by atoms with Crippen molar-refractivity contribution in [2.45, 2.75) is 25.2 Å². The summed E-state index contributed by atoms with van der Waals surface area (Å²) in [5.74, 6) is -0.991. The molecule has 3 aromatic rings. The molecule has 1 aromatic heterocycles. The van der Waals surface area contributed by atoms with Crippen LogP contribution in [0.5, 0.6) is 0 Å². The molecule has 3 rings (SSSR count). The third-order valence-electron chi connectivity index (χ3n) is 4.36. The molecule has 0 unspecified atom stereocenters. The van der Waals surface area contributed by atoms with Gasteiger partial charge in [-0.25, -0.2) is 10.5 Å². The number of nitrogens with zero attached hydrogens (tertiary/aromatic N) is 1.